The first-order valence-corrected chi connectivity index (χ1v) is 8.52. The number of benzene rings is 1. The lowest BCUT2D eigenvalue weighted by Gasteiger charge is -2.56. The maximum Gasteiger partial charge on any atom is 0.166 e. The van der Waals surface area contributed by atoms with E-state index in [4.69, 9.17) is 9.47 Å². The molecule has 1 fully saturated rings. The van der Waals surface area contributed by atoms with Crippen LogP contribution >= 0.6 is 0 Å². The predicted octanol–water partition coefficient (Wildman–Crippen LogP) is 1.81. The summed E-state index contributed by atoms with van der Waals surface area (Å²) in [7, 11) is 3.93. The predicted molar refractivity (Wildman–Crippen MR) is 87.2 cm³/mol. The van der Waals surface area contributed by atoms with E-state index < -0.39 is 6.10 Å². The van der Waals surface area contributed by atoms with Crippen molar-refractivity contribution in [2.75, 3.05) is 20.7 Å². The number of ether oxygens (including phenoxy) is 2. The Hall–Kier alpha value is -1.52. The van der Waals surface area contributed by atoms with Gasteiger partial charge in [-0.1, -0.05) is 12.2 Å². The summed E-state index contributed by atoms with van der Waals surface area (Å²) in [5.41, 5.74) is 3.94. The second kappa shape index (κ2) is 4.31. The lowest BCUT2D eigenvalue weighted by Crippen LogP contribution is -2.64. The van der Waals surface area contributed by atoms with Crippen LogP contribution in [0.5, 0.6) is 11.5 Å². The molecule has 2 heterocycles. The molecule has 4 heteroatoms. The monoisotopic (exact) mass is 313 g/mol. The first-order valence-electron chi connectivity index (χ1n) is 8.52. The molecule has 1 aromatic carbocycles. The molecule has 2 aliphatic heterocycles. The van der Waals surface area contributed by atoms with Crippen LogP contribution in [0, 0.1) is 12.8 Å². The zero-order valence-corrected chi connectivity index (χ0v) is 13.9. The standard InChI is InChI=1S/C19H23NO3/c1-10-8-15(22-3)17-16-11(10)9-13-12-4-5-14(21)18(23-17)19(12,16)6-7-20(13)2/h4-5,8,12-14,18,21H,6-7,9H2,1-3H3/t12-,13+,14-,18-,19-/m0/s1. The Bertz CT molecular complexity index is 728. The van der Waals surface area contributed by atoms with E-state index in [2.05, 4.69) is 31.0 Å². The van der Waals surface area contributed by atoms with Crippen LogP contribution in [0.25, 0.3) is 0 Å². The van der Waals surface area contributed by atoms with Gasteiger partial charge in [-0.15, -0.1) is 0 Å². The van der Waals surface area contributed by atoms with Crippen molar-refractivity contribution in [1.82, 2.24) is 4.90 Å². The molecule has 0 radical (unpaired) electrons. The van der Waals surface area contributed by atoms with Crippen LogP contribution in [-0.2, 0) is 11.8 Å². The Morgan fingerprint density at radius 2 is 2.22 bits per heavy atom. The van der Waals surface area contributed by atoms with Gasteiger partial charge in [-0.25, -0.2) is 0 Å². The van der Waals surface area contributed by atoms with Crippen LogP contribution in [0.2, 0.25) is 0 Å². The number of aryl methyl sites for hydroxylation is 1. The van der Waals surface area contributed by atoms with E-state index in [0.717, 1.165) is 30.9 Å². The van der Waals surface area contributed by atoms with Crippen molar-refractivity contribution in [3.63, 3.8) is 0 Å². The van der Waals surface area contributed by atoms with Gasteiger partial charge in [-0.05, 0) is 50.6 Å². The van der Waals surface area contributed by atoms with Gasteiger partial charge in [0.05, 0.1) is 7.11 Å². The summed E-state index contributed by atoms with van der Waals surface area (Å²) in [6, 6.07) is 2.59. The van der Waals surface area contributed by atoms with Gasteiger partial charge in [-0.3, -0.25) is 0 Å². The topological polar surface area (TPSA) is 41.9 Å². The number of hydrogen-bond donors (Lipinski definition) is 1. The lowest BCUT2D eigenvalue weighted by atomic mass is 9.53. The molecule has 1 saturated heterocycles. The van der Waals surface area contributed by atoms with Crippen molar-refractivity contribution in [2.45, 2.75) is 43.4 Å². The van der Waals surface area contributed by atoms with Crippen LogP contribution in [0.3, 0.4) is 0 Å². The minimum atomic E-state index is -0.543. The van der Waals surface area contributed by atoms with Crippen LogP contribution in [0.1, 0.15) is 23.1 Å². The maximum absolute atomic E-state index is 10.6. The molecule has 1 N–H and O–H groups in total. The molecule has 0 amide bonds. The second-order valence-electron chi connectivity index (χ2n) is 7.56. The van der Waals surface area contributed by atoms with Crippen molar-refractivity contribution >= 4 is 0 Å². The first kappa shape index (κ1) is 13.9. The quantitative estimate of drug-likeness (QED) is 0.803. The van der Waals surface area contributed by atoms with Crippen LogP contribution in [0.15, 0.2) is 18.2 Å². The highest BCUT2D eigenvalue weighted by molar-refractivity contribution is 5.64. The Morgan fingerprint density at radius 3 is 3.00 bits per heavy atom. The lowest BCUT2D eigenvalue weighted by molar-refractivity contribution is -0.0454. The molecule has 4 nitrogen and oxygen atoms in total. The fraction of sp³-hybridized carbons (Fsp3) is 0.579. The van der Waals surface area contributed by atoms with Gasteiger partial charge in [0.1, 0.15) is 12.2 Å². The molecule has 2 bridgehead atoms. The third-order valence-corrected chi connectivity index (χ3v) is 6.71. The highest BCUT2D eigenvalue weighted by Gasteiger charge is 2.64. The van der Waals surface area contributed by atoms with E-state index >= 15 is 0 Å². The summed E-state index contributed by atoms with van der Waals surface area (Å²) in [6.07, 6.45) is 5.55. The Morgan fingerprint density at radius 1 is 1.39 bits per heavy atom. The molecule has 1 spiro atoms. The minimum absolute atomic E-state index is 0.0897. The van der Waals surface area contributed by atoms with Gasteiger partial charge >= 0.3 is 0 Å². The summed E-state index contributed by atoms with van der Waals surface area (Å²) >= 11 is 0. The highest BCUT2D eigenvalue weighted by atomic mass is 16.5. The average Bonchev–Trinajstić information content (AvgIpc) is 2.89. The number of likely N-dealkylation sites (tertiary alicyclic amines) is 1. The Labute approximate surface area is 136 Å². The molecule has 5 rings (SSSR count). The molecule has 1 aromatic rings. The maximum atomic E-state index is 10.6. The SMILES string of the molecule is COc1cc(C)c2c3c1O[C@H]1[C@@H](O)C=C[C@H]4[C@@H](C2)N(C)CC[C@@]341. The van der Waals surface area contributed by atoms with Crippen LogP contribution in [0.4, 0.5) is 0 Å². The van der Waals surface area contributed by atoms with Crippen molar-refractivity contribution in [2.24, 2.45) is 5.92 Å². The van der Waals surface area contributed by atoms with Crippen molar-refractivity contribution in [3.8, 4) is 11.5 Å². The number of rotatable bonds is 1. The van der Waals surface area contributed by atoms with Crippen molar-refractivity contribution in [3.05, 3.63) is 34.9 Å². The summed E-state index contributed by atoms with van der Waals surface area (Å²) < 4.78 is 12.0. The Balaban J connectivity index is 1.85. The molecular formula is C19H23NO3. The summed E-state index contributed by atoms with van der Waals surface area (Å²) in [4.78, 5) is 2.49. The van der Waals surface area contributed by atoms with Crippen LogP contribution in [-0.4, -0.2) is 49.0 Å². The number of aliphatic hydroxyl groups excluding tert-OH is 1. The number of piperidine rings is 1. The molecule has 0 unspecified atom stereocenters. The molecular weight excluding hydrogens is 290 g/mol. The molecule has 5 atom stereocenters. The average molecular weight is 313 g/mol. The smallest absolute Gasteiger partial charge is 0.166 e. The third kappa shape index (κ3) is 1.45. The number of aliphatic hydroxyl groups is 1. The number of methoxy groups -OCH3 is 1. The molecule has 122 valence electrons. The van der Waals surface area contributed by atoms with E-state index in [-0.39, 0.29) is 11.5 Å². The number of nitrogens with zero attached hydrogens (tertiary/aromatic N) is 1. The molecule has 0 aromatic heterocycles. The van der Waals surface area contributed by atoms with Gasteiger partial charge in [0.15, 0.2) is 11.5 Å². The number of likely N-dealkylation sites (N-methyl/N-ethyl adjacent to an activating group) is 1. The molecule has 23 heavy (non-hydrogen) atoms. The van der Waals surface area contributed by atoms with Gasteiger partial charge in [0, 0.05) is 22.9 Å². The van der Waals surface area contributed by atoms with Crippen molar-refractivity contribution < 1.29 is 14.6 Å². The zero-order chi connectivity index (χ0) is 15.9. The van der Waals surface area contributed by atoms with Gasteiger partial charge < -0.3 is 19.5 Å². The number of hydrogen-bond acceptors (Lipinski definition) is 4. The minimum Gasteiger partial charge on any atom is -0.493 e. The fourth-order valence-electron chi connectivity index (χ4n) is 5.64. The summed E-state index contributed by atoms with van der Waals surface area (Å²) in [5, 5.41) is 10.6. The van der Waals surface area contributed by atoms with Gasteiger partial charge in [0.25, 0.3) is 0 Å². The highest BCUT2D eigenvalue weighted by Crippen LogP contribution is 2.62. The summed E-state index contributed by atoms with van der Waals surface area (Å²) in [6.45, 7) is 3.23. The van der Waals surface area contributed by atoms with Crippen LogP contribution < -0.4 is 9.47 Å². The Kier molecular flexibility index (Phi) is 2.60. The zero-order valence-electron chi connectivity index (χ0n) is 13.9. The van der Waals surface area contributed by atoms with E-state index in [1.54, 1.807) is 7.11 Å². The molecule has 2 aliphatic carbocycles. The van der Waals surface area contributed by atoms with E-state index in [1.807, 2.05) is 6.08 Å². The normalized spacial score (nSPS) is 39.8. The van der Waals surface area contributed by atoms with E-state index in [0.29, 0.717) is 12.0 Å². The van der Waals surface area contributed by atoms with E-state index in [9.17, 15) is 5.11 Å². The molecule has 0 saturated carbocycles. The van der Waals surface area contributed by atoms with Gasteiger partial charge in [0.2, 0.25) is 0 Å². The molecule has 4 aliphatic rings. The second-order valence-corrected chi connectivity index (χ2v) is 7.56. The largest absolute Gasteiger partial charge is 0.493 e. The van der Waals surface area contributed by atoms with Gasteiger partial charge in [-0.2, -0.15) is 0 Å². The third-order valence-electron chi connectivity index (χ3n) is 6.71. The van der Waals surface area contributed by atoms with E-state index in [1.165, 1.54) is 16.7 Å². The first-order chi connectivity index (χ1) is 11.1. The van der Waals surface area contributed by atoms with Crippen molar-refractivity contribution in [1.29, 1.82) is 0 Å². The summed E-state index contributed by atoms with van der Waals surface area (Å²) in [5.74, 6) is 2.11. The fourth-order valence-corrected chi connectivity index (χ4v) is 5.64.